The van der Waals surface area contributed by atoms with Crippen LogP contribution < -0.4 is 0 Å². The fourth-order valence-electron chi connectivity index (χ4n) is 3.40. The number of likely N-dealkylation sites (tertiary alicyclic amines) is 1. The third kappa shape index (κ3) is 4.19. The second-order valence-corrected chi connectivity index (χ2v) is 6.22. The molecule has 0 unspecified atom stereocenters. The molecule has 0 atom stereocenters. The van der Waals surface area contributed by atoms with Crippen LogP contribution in [0.25, 0.3) is 0 Å². The van der Waals surface area contributed by atoms with Gasteiger partial charge in [0.2, 0.25) is 5.91 Å². The molecule has 0 radical (unpaired) electrons. The van der Waals surface area contributed by atoms with Gasteiger partial charge in [0.05, 0.1) is 0 Å². The molecular formula is C16H30N2O2. The molecule has 2 aliphatic heterocycles. The minimum absolute atomic E-state index is 0.360. The maximum absolute atomic E-state index is 12.0. The van der Waals surface area contributed by atoms with Crippen molar-refractivity contribution in [2.45, 2.75) is 64.0 Å². The molecule has 2 aliphatic rings. The topological polar surface area (TPSA) is 32.8 Å². The summed E-state index contributed by atoms with van der Waals surface area (Å²) in [6.45, 7) is 5.84. The highest BCUT2D eigenvalue weighted by Crippen LogP contribution is 2.22. The van der Waals surface area contributed by atoms with Gasteiger partial charge < -0.3 is 14.5 Å². The number of unbranched alkanes of at least 4 members (excludes halogenated alkanes) is 1. The largest absolute Gasteiger partial charge is 0.381 e. The number of piperidine rings is 1. The number of hydrogen-bond donors (Lipinski definition) is 0. The first-order valence-corrected chi connectivity index (χ1v) is 8.29. The van der Waals surface area contributed by atoms with E-state index in [1.54, 1.807) is 0 Å². The Balaban J connectivity index is 1.74. The van der Waals surface area contributed by atoms with Crippen LogP contribution in [0, 0.1) is 0 Å². The van der Waals surface area contributed by atoms with Crippen LogP contribution in [0.1, 0.15) is 51.9 Å². The van der Waals surface area contributed by atoms with Crippen molar-refractivity contribution in [3.63, 3.8) is 0 Å². The third-order valence-electron chi connectivity index (χ3n) is 4.90. The Bertz CT molecular complexity index is 295. The summed E-state index contributed by atoms with van der Waals surface area (Å²) in [4.78, 5) is 16.7. The van der Waals surface area contributed by atoms with Crippen LogP contribution >= 0.6 is 0 Å². The summed E-state index contributed by atoms with van der Waals surface area (Å²) in [7, 11) is 2.26. The molecule has 0 aromatic rings. The molecule has 0 spiro atoms. The Morgan fingerprint density at radius 2 is 1.75 bits per heavy atom. The average Bonchev–Trinajstić information content (AvgIpc) is 2.53. The SMILES string of the molecule is CCCCC(=O)N1CCC(N(C)C2CCOCC2)CC1. The van der Waals surface area contributed by atoms with Crippen LogP contribution in [0.5, 0.6) is 0 Å². The monoisotopic (exact) mass is 282 g/mol. The van der Waals surface area contributed by atoms with E-state index in [1.807, 2.05) is 0 Å². The van der Waals surface area contributed by atoms with Gasteiger partial charge in [-0.1, -0.05) is 13.3 Å². The van der Waals surface area contributed by atoms with Crippen LogP contribution in [-0.4, -0.2) is 61.1 Å². The lowest BCUT2D eigenvalue weighted by molar-refractivity contribution is -0.133. The van der Waals surface area contributed by atoms with E-state index in [2.05, 4.69) is 23.8 Å². The van der Waals surface area contributed by atoms with Crippen molar-refractivity contribution < 1.29 is 9.53 Å². The van der Waals surface area contributed by atoms with Gasteiger partial charge in [-0.05, 0) is 39.2 Å². The summed E-state index contributed by atoms with van der Waals surface area (Å²) in [5.74, 6) is 0.360. The number of amides is 1. The molecule has 4 nitrogen and oxygen atoms in total. The zero-order valence-corrected chi connectivity index (χ0v) is 13.1. The number of hydrogen-bond acceptors (Lipinski definition) is 3. The van der Waals surface area contributed by atoms with Crippen LogP contribution in [0.4, 0.5) is 0 Å². The second-order valence-electron chi connectivity index (χ2n) is 6.22. The molecule has 2 rings (SSSR count). The van der Waals surface area contributed by atoms with Crippen LogP contribution in [0.3, 0.4) is 0 Å². The van der Waals surface area contributed by atoms with Gasteiger partial charge in [-0.25, -0.2) is 0 Å². The number of nitrogens with zero attached hydrogens (tertiary/aromatic N) is 2. The molecule has 2 saturated heterocycles. The van der Waals surface area contributed by atoms with Crippen molar-refractivity contribution >= 4 is 5.91 Å². The zero-order valence-electron chi connectivity index (χ0n) is 13.1. The van der Waals surface area contributed by atoms with Gasteiger partial charge in [-0.15, -0.1) is 0 Å². The maximum Gasteiger partial charge on any atom is 0.222 e. The Labute approximate surface area is 123 Å². The van der Waals surface area contributed by atoms with Crippen molar-refractivity contribution in [1.82, 2.24) is 9.80 Å². The summed E-state index contributed by atoms with van der Waals surface area (Å²) >= 11 is 0. The Morgan fingerprint density at radius 3 is 2.35 bits per heavy atom. The first-order chi connectivity index (χ1) is 9.72. The predicted octanol–water partition coefficient (Wildman–Crippen LogP) is 2.28. The van der Waals surface area contributed by atoms with Crippen molar-refractivity contribution in [3.8, 4) is 0 Å². The number of ether oxygens (including phenoxy) is 1. The number of carbonyl (C=O) groups excluding carboxylic acids is 1. The van der Waals surface area contributed by atoms with E-state index in [0.717, 1.165) is 71.2 Å². The smallest absolute Gasteiger partial charge is 0.222 e. The summed E-state index contributed by atoms with van der Waals surface area (Å²) in [6, 6.07) is 1.32. The lowest BCUT2D eigenvalue weighted by atomic mass is 9.98. The van der Waals surface area contributed by atoms with E-state index in [4.69, 9.17) is 4.74 Å². The molecule has 0 N–H and O–H groups in total. The Morgan fingerprint density at radius 1 is 1.15 bits per heavy atom. The molecule has 116 valence electrons. The Hall–Kier alpha value is -0.610. The molecule has 0 aliphatic carbocycles. The maximum atomic E-state index is 12.0. The molecule has 2 heterocycles. The molecular weight excluding hydrogens is 252 g/mol. The summed E-state index contributed by atoms with van der Waals surface area (Å²) in [5.41, 5.74) is 0. The predicted molar refractivity (Wildman–Crippen MR) is 80.7 cm³/mol. The molecule has 0 aromatic heterocycles. The average molecular weight is 282 g/mol. The molecule has 0 bridgehead atoms. The van der Waals surface area contributed by atoms with Gasteiger partial charge in [0, 0.05) is 44.8 Å². The lowest BCUT2D eigenvalue weighted by Gasteiger charge is -2.41. The molecule has 4 heteroatoms. The fraction of sp³-hybridized carbons (Fsp3) is 0.938. The van der Waals surface area contributed by atoms with E-state index in [1.165, 1.54) is 0 Å². The summed E-state index contributed by atoms with van der Waals surface area (Å²) in [6.07, 6.45) is 7.45. The van der Waals surface area contributed by atoms with E-state index >= 15 is 0 Å². The van der Waals surface area contributed by atoms with Gasteiger partial charge in [0.25, 0.3) is 0 Å². The zero-order chi connectivity index (χ0) is 14.4. The normalized spacial score (nSPS) is 22.4. The first kappa shape index (κ1) is 15.8. The van der Waals surface area contributed by atoms with E-state index in [-0.39, 0.29) is 0 Å². The standard InChI is InChI=1S/C16H30N2O2/c1-3-4-5-16(19)18-10-6-14(7-11-18)17(2)15-8-12-20-13-9-15/h14-15H,3-13H2,1-2H3. The highest BCUT2D eigenvalue weighted by molar-refractivity contribution is 5.76. The molecule has 20 heavy (non-hydrogen) atoms. The lowest BCUT2D eigenvalue weighted by Crippen LogP contribution is -2.49. The second kappa shape index (κ2) is 7.99. The Kier molecular flexibility index (Phi) is 6.30. The van der Waals surface area contributed by atoms with Crippen molar-refractivity contribution in [2.75, 3.05) is 33.4 Å². The quantitative estimate of drug-likeness (QED) is 0.775. The number of carbonyl (C=O) groups is 1. The van der Waals surface area contributed by atoms with Crippen molar-refractivity contribution in [3.05, 3.63) is 0 Å². The van der Waals surface area contributed by atoms with Crippen molar-refractivity contribution in [2.24, 2.45) is 0 Å². The summed E-state index contributed by atoms with van der Waals surface area (Å²) < 4.78 is 5.44. The van der Waals surface area contributed by atoms with Crippen molar-refractivity contribution in [1.29, 1.82) is 0 Å². The third-order valence-corrected chi connectivity index (χ3v) is 4.90. The van der Waals surface area contributed by atoms with Crippen LogP contribution in [0.15, 0.2) is 0 Å². The van der Waals surface area contributed by atoms with Crippen LogP contribution in [-0.2, 0) is 9.53 Å². The molecule has 2 fully saturated rings. The van der Waals surface area contributed by atoms with Crippen LogP contribution in [0.2, 0.25) is 0 Å². The van der Waals surface area contributed by atoms with Gasteiger partial charge in [0.1, 0.15) is 0 Å². The fourth-order valence-corrected chi connectivity index (χ4v) is 3.40. The van der Waals surface area contributed by atoms with E-state index in [9.17, 15) is 4.79 Å². The highest BCUT2D eigenvalue weighted by atomic mass is 16.5. The van der Waals surface area contributed by atoms with Gasteiger partial charge in [0.15, 0.2) is 0 Å². The highest BCUT2D eigenvalue weighted by Gasteiger charge is 2.29. The minimum Gasteiger partial charge on any atom is -0.381 e. The molecule has 0 saturated carbocycles. The molecule has 0 aromatic carbocycles. The first-order valence-electron chi connectivity index (χ1n) is 8.29. The minimum atomic E-state index is 0.360. The van der Waals surface area contributed by atoms with Gasteiger partial charge in [-0.3, -0.25) is 4.79 Å². The van der Waals surface area contributed by atoms with E-state index < -0.39 is 0 Å². The number of rotatable bonds is 5. The molecule has 1 amide bonds. The van der Waals surface area contributed by atoms with E-state index in [0.29, 0.717) is 18.0 Å². The van der Waals surface area contributed by atoms with Gasteiger partial charge in [-0.2, -0.15) is 0 Å². The van der Waals surface area contributed by atoms with Gasteiger partial charge >= 0.3 is 0 Å². The summed E-state index contributed by atoms with van der Waals surface area (Å²) in [5, 5.41) is 0.